The van der Waals surface area contributed by atoms with Gasteiger partial charge >= 0.3 is 12.1 Å². The van der Waals surface area contributed by atoms with Crippen molar-refractivity contribution in [2.45, 2.75) is 57.1 Å². The van der Waals surface area contributed by atoms with Crippen LogP contribution in [-0.4, -0.2) is 94.9 Å². The Morgan fingerprint density at radius 1 is 1.12 bits per heavy atom. The van der Waals surface area contributed by atoms with Crippen molar-refractivity contribution in [3.05, 3.63) is 24.7 Å². The summed E-state index contributed by atoms with van der Waals surface area (Å²) in [5.74, 6) is -2.41. The van der Waals surface area contributed by atoms with E-state index in [1.165, 1.54) is 31.7 Å². The number of ether oxygens (including phenoxy) is 2. The van der Waals surface area contributed by atoms with E-state index in [-0.39, 0.29) is 48.1 Å². The van der Waals surface area contributed by atoms with Crippen molar-refractivity contribution in [1.29, 1.82) is 0 Å². The molecule has 3 fully saturated rings. The number of nitrogens with zero attached hydrogens (tertiary/aromatic N) is 6. The molecule has 3 amide bonds. The van der Waals surface area contributed by atoms with E-state index in [2.05, 4.69) is 35.9 Å². The summed E-state index contributed by atoms with van der Waals surface area (Å²) in [6.45, 7) is 3.93. The zero-order valence-corrected chi connectivity index (χ0v) is 23.1. The summed E-state index contributed by atoms with van der Waals surface area (Å²) in [6.07, 6.45) is 6.69. The highest BCUT2D eigenvalue weighted by Crippen LogP contribution is 2.49. The van der Waals surface area contributed by atoms with Gasteiger partial charge in [-0.05, 0) is 57.2 Å². The quantitative estimate of drug-likeness (QED) is 0.450. The maximum Gasteiger partial charge on any atom is 0.413 e. The van der Waals surface area contributed by atoms with Gasteiger partial charge in [-0.15, -0.1) is 0 Å². The first-order chi connectivity index (χ1) is 19.7. The van der Waals surface area contributed by atoms with Crippen molar-refractivity contribution in [3.63, 3.8) is 0 Å². The standard InChI is InChI=1S/C26H35F2N9O4/c1-3-40-21-15-31-20(14-32-21)34-23(38)36(2)18-16-37(11-7-26(18,27)28)22-30-8-4-19(33-22)35-24(39)41-17-12-25(13-17)5-9-29-10-6-25/h4,8,14-15,17-18,29H,3,5-7,9-13,16H2,1-2H3,(H,31,34,38)(H,30,33,35,39)/t18-/m0/s1. The molecule has 4 heterocycles. The Bertz CT molecular complexity index is 1220. The Labute approximate surface area is 236 Å². The van der Waals surface area contributed by atoms with Crippen LogP contribution in [0.15, 0.2) is 24.7 Å². The number of rotatable bonds is 7. The second-order valence-electron chi connectivity index (χ2n) is 10.7. The van der Waals surface area contributed by atoms with Crippen LogP contribution in [0, 0.1) is 5.41 Å². The molecule has 1 atom stereocenters. The van der Waals surface area contributed by atoms with Crippen molar-refractivity contribution in [2.75, 3.05) is 55.4 Å². The minimum absolute atomic E-state index is 0.0315. The molecule has 3 N–H and O–H groups in total. The number of anilines is 3. The minimum atomic E-state index is -3.15. The van der Waals surface area contributed by atoms with E-state index in [1.54, 1.807) is 11.8 Å². The molecular formula is C26H35F2N9O4. The van der Waals surface area contributed by atoms with Crippen LogP contribution >= 0.6 is 0 Å². The first-order valence-electron chi connectivity index (χ1n) is 13.8. The van der Waals surface area contributed by atoms with Gasteiger partial charge in [-0.3, -0.25) is 10.6 Å². The number of carbonyl (C=O) groups is 2. The van der Waals surface area contributed by atoms with Crippen LogP contribution in [0.1, 0.15) is 39.0 Å². The third-order valence-corrected chi connectivity index (χ3v) is 7.95. The average molecular weight is 576 g/mol. The second kappa shape index (κ2) is 11.9. The molecule has 15 heteroatoms. The molecule has 0 unspecified atom stereocenters. The Balaban J connectivity index is 1.17. The zero-order chi connectivity index (χ0) is 29.0. The number of alkyl halides is 2. The number of halogens is 2. The SMILES string of the molecule is CCOc1cnc(NC(=O)N(C)[C@H]2CN(c3nccc(NC(=O)OC4CC5(CCNCC5)C4)n3)CCC2(F)F)cn1. The second-order valence-corrected chi connectivity index (χ2v) is 10.7. The highest BCUT2D eigenvalue weighted by Gasteiger charge is 2.48. The monoisotopic (exact) mass is 575 g/mol. The Morgan fingerprint density at radius 3 is 2.61 bits per heavy atom. The van der Waals surface area contributed by atoms with E-state index >= 15 is 0 Å². The fourth-order valence-corrected chi connectivity index (χ4v) is 5.62. The van der Waals surface area contributed by atoms with Crippen LogP contribution in [-0.2, 0) is 4.74 Å². The molecule has 41 heavy (non-hydrogen) atoms. The van der Waals surface area contributed by atoms with Gasteiger partial charge in [0.05, 0.1) is 19.0 Å². The number of carbonyl (C=O) groups excluding carboxylic acids is 2. The lowest BCUT2D eigenvalue weighted by Gasteiger charge is -2.49. The summed E-state index contributed by atoms with van der Waals surface area (Å²) in [7, 11) is 1.29. The normalized spacial score (nSPS) is 21.5. The molecule has 3 aliphatic rings. The molecule has 0 radical (unpaired) electrons. The third-order valence-electron chi connectivity index (χ3n) is 7.95. The van der Waals surface area contributed by atoms with Gasteiger partial charge in [-0.1, -0.05) is 0 Å². The van der Waals surface area contributed by atoms with Gasteiger partial charge in [-0.2, -0.15) is 4.98 Å². The van der Waals surface area contributed by atoms with Crippen LogP contribution in [0.4, 0.5) is 36.0 Å². The van der Waals surface area contributed by atoms with E-state index in [1.807, 2.05) is 0 Å². The topological polar surface area (TPSA) is 147 Å². The van der Waals surface area contributed by atoms with Gasteiger partial charge in [0.25, 0.3) is 5.92 Å². The van der Waals surface area contributed by atoms with Crippen LogP contribution in [0.2, 0.25) is 0 Å². The lowest BCUT2D eigenvalue weighted by Crippen LogP contribution is -2.60. The summed E-state index contributed by atoms with van der Waals surface area (Å²) < 4.78 is 40.7. The van der Waals surface area contributed by atoms with Crippen LogP contribution < -0.4 is 25.6 Å². The Kier molecular flexibility index (Phi) is 8.33. The highest BCUT2D eigenvalue weighted by molar-refractivity contribution is 5.88. The molecule has 13 nitrogen and oxygen atoms in total. The van der Waals surface area contributed by atoms with Gasteiger partial charge < -0.3 is 24.6 Å². The number of hydrogen-bond donors (Lipinski definition) is 3. The average Bonchev–Trinajstić information content (AvgIpc) is 2.93. The van der Waals surface area contributed by atoms with Crippen molar-refractivity contribution < 1.29 is 27.8 Å². The number of piperidine rings is 2. The molecule has 2 aromatic heterocycles. The predicted molar refractivity (Wildman–Crippen MR) is 145 cm³/mol. The fraction of sp³-hybridized carbons (Fsp3) is 0.615. The smallest absolute Gasteiger partial charge is 0.413 e. The van der Waals surface area contributed by atoms with E-state index in [4.69, 9.17) is 9.47 Å². The molecule has 5 rings (SSSR count). The first kappa shape index (κ1) is 28.6. The van der Waals surface area contributed by atoms with Gasteiger partial charge in [0.15, 0.2) is 5.82 Å². The molecule has 222 valence electrons. The summed E-state index contributed by atoms with van der Waals surface area (Å²) in [5.41, 5.74) is 0.275. The number of nitrogens with one attached hydrogen (secondary N) is 3. The van der Waals surface area contributed by atoms with Gasteiger partial charge in [-0.25, -0.2) is 33.3 Å². The van der Waals surface area contributed by atoms with E-state index in [0.29, 0.717) is 6.61 Å². The lowest BCUT2D eigenvalue weighted by atomic mass is 9.62. The van der Waals surface area contributed by atoms with E-state index in [0.717, 1.165) is 43.7 Å². The van der Waals surface area contributed by atoms with Gasteiger partial charge in [0, 0.05) is 32.8 Å². The van der Waals surface area contributed by atoms with Crippen molar-refractivity contribution in [3.8, 4) is 5.88 Å². The zero-order valence-electron chi connectivity index (χ0n) is 23.1. The van der Waals surface area contributed by atoms with Crippen molar-refractivity contribution in [2.24, 2.45) is 5.41 Å². The summed E-state index contributed by atoms with van der Waals surface area (Å²) in [4.78, 5) is 44.4. The molecule has 1 saturated carbocycles. The first-order valence-corrected chi connectivity index (χ1v) is 13.8. The minimum Gasteiger partial charge on any atom is -0.477 e. The summed E-state index contributed by atoms with van der Waals surface area (Å²) >= 11 is 0. The van der Waals surface area contributed by atoms with E-state index in [9.17, 15) is 18.4 Å². The maximum atomic E-state index is 15.0. The molecule has 0 aromatic carbocycles. The van der Waals surface area contributed by atoms with Crippen LogP contribution in [0.5, 0.6) is 5.88 Å². The molecule has 2 saturated heterocycles. The Hall–Kier alpha value is -3.88. The third kappa shape index (κ3) is 6.72. The number of urea groups is 1. The van der Waals surface area contributed by atoms with Crippen LogP contribution in [0.3, 0.4) is 0 Å². The van der Waals surface area contributed by atoms with Crippen LogP contribution in [0.25, 0.3) is 0 Å². The summed E-state index contributed by atoms with van der Waals surface area (Å²) in [6, 6.07) is -0.734. The number of likely N-dealkylation sites (N-methyl/N-ethyl adjacent to an activating group) is 1. The fourth-order valence-electron chi connectivity index (χ4n) is 5.62. The van der Waals surface area contributed by atoms with Gasteiger partial charge in [0.2, 0.25) is 11.8 Å². The molecule has 0 bridgehead atoms. The number of aromatic nitrogens is 4. The number of amides is 3. The molecule has 2 aliphatic heterocycles. The summed E-state index contributed by atoms with van der Waals surface area (Å²) in [5, 5.41) is 8.46. The van der Waals surface area contributed by atoms with Gasteiger partial charge in [0.1, 0.15) is 18.0 Å². The van der Waals surface area contributed by atoms with Crippen molar-refractivity contribution in [1.82, 2.24) is 30.2 Å². The van der Waals surface area contributed by atoms with E-state index < -0.39 is 30.5 Å². The molecule has 1 spiro atoms. The molecular weight excluding hydrogens is 540 g/mol. The Morgan fingerprint density at radius 2 is 1.90 bits per heavy atom. The molecule has 2 aromatic rings. The number of hydrogen-bond acceptors (Lipinski definition) is 10. The molecule has 1 aliphatic carbocycles. The lowest BCUT2D eigenvalue weighted by molar-refractivity contribution is -0.0760. The highest BCUT2D eigenvalue weighted by atomic mass is 19.3. The maximum absolute atomic E-state index is 15.0. The predicted octanol–water partition coefficient (Wildman–Crippen LogP) is 3.12. The largest absolute Gasteiger partial charge is 0.477 e. The van der Waals surface area contributed by atoms with Crippen molar-refractivity contribution >= 4 is 29.7 Å².